The Morgan fingerprint density at radius 2 is 1.65 bits per heavy atom. The number of anilines is 4. The molecule has 0 atom stereocenters. The van der Waals surface area contributed by atoms with Crippen molar-refractivity contribution in [2.45, 2.75) is 13.8 Å². The molecule has 1 aromatic heterocycles. The van der Waals surface area contributed by atoms with Crippen LogP contribution in [-0.2, 0) is 0 Å². The molecule has 1 heterocycles. The maximum Gasteiger partial charge on any atom is 0.229 e. The van der Waals surface area contributed by atoms with E-state index >= 15 is 0 Å². The quantitative estimate of drug-likeness (QED) is 0.677. The Kier molecular flexibility index (Phi) is 5.22. The number of aromatic nitrogens is 2. The third-order valence-electron chi connectivity index (χ3n) is 3.96. The predicted molar refractivity (Wildman–Crippen MR) is 104 cm³/mol. The molecule has 0 fully saturated rings. The van der Waals surface area contributed by atoms with Crippen LogP contribution in [0.4, 0.5) is 23.1 Å². The second-order valence-corrected chi connectivity index (χ2v) is 5.90. The monoisotopic (exact) mass is 350 g/mol. The van der Waals surface area contributed by atoms with E-state index in [1.807, 2.05) is 24.3 Å². The van der Waals surface area contributed by atoms with Crippen LogP contribution in [0, 0.1) is 13.8 Å². The molecule has 0 spiro atoms. The van der Waals surface area contributed by atoms with Crippen LogP contribution in [0.25, 0.3) is 0 Å². The van der Waals surface area contributed by atoms with Gasteiger partial charge >= 0.3 is 0 Å². The van der Waals surface area contributed by atoms with Crippen molar-refractivity contribution in [2.24, 2.45) is 0 Å². The highest BCUT2D eigenvalue weighted by atomic mass is 16.5. The van der Waals surface area contributed by atoms with Gasteiger partial charge in [-0.1, -0.05) is 17.7 Å². The Labute approximate surface area is 153 Å². The summed E-state index contributed by atoms with van der Waals surface area (Å²) in [5.74, 6) is 2.59. The number of rotatable bonds is 6. The van der Waals surface area contributed by atoms with E-state index in [0.717, 1.165) is 22.7 Å². The summed E-state index contributed by atoms with van der Waals surface area (Å²) in [6.45, 7) is 4.12. The minimum Gasteiger partial charge on any atom is -0.497 e. The van der Waals surface area contributed by atoms with E-state index in [4.69, 9.17) is 9.47 Å². The zero-order valence-corrected chi connectivity index (χ0v) is 15.3. The van der Waals surface area contributed by atoms with Crippen LogP contribution in [0.3, 0.4) is 0 Å². The number of aryl methyl sites for hydroxylation is 2. The van der Waals surface area contributed by atoms with Crippen LogP contribution >= 0.6 is 0 Å². The molecule has 3 aromatic rings. The molecule has 0 radical (unpaired) electrons. The average molecular weight is 350 g/mol. The van der Waals surface area contributed by atoms with Crippen molar-refractivity contribution in [2.75, 3.05) is 24.9 Å². The lowest BCUT2D eigenvalue weighted by molar-refractivity contribution is 0.395. The molecule has 0 saturated carbocycles. The Bertz CT molecular complexity index is 912. The molecule has 0 saturated heterocycles. The number of hydrogen-bond donors (Lipinski definition) is 2. The van der Waals surface area contributed by atoms with E-state index in [0.29, 0.717) is 17.5 Å². The van der Waals surface area contributed by atoms with E-state index in [9.17, 15) is 0 Å². The van der Waals surface area contributed by atoms with E-state index in [2.05, 4.69) is 46.6 Å². The van der Waals surface area contributed by atoms with Crippen LogP contribution < -0.4 is 20.1 Å². The molecular formula is C20H22N4O2. The number of nitrogens with one attached hydrogen (secondary N) is 2. The lowest BCUT2D eigenvalue weighted by Gasteiger charge is -2.13. The fourth-order valence-electron chi connectivity index (χ4n) is 2.60. The molecule has 6 nitrogen and oxygen atoms in total. The second-order valence-electron chi connectivity index (χ2n) is 5.90. The molecule has 134 valence electrons. The van der Waals surface area contributed by atoms with Crippen LogP contribution in [0.1, 0.15) is 11.1 Å². The second kappa shape index (κ2) is 7.74. The number of nitrogens with zero attached hydrogens (tertiary/aromatic N) is 2. The van der Waals surface area contributed by atoms with E-state index in [1.165, 1.54) is 5.56 Å². The highest BCUT2D eigenvalue weighted by Gasteiger charge is 2.08. The van der Waals surface area contributed by atoms with Gasteiger partial charge in [0.2, 0.25) is 5.95 Å². The summed E-state index contributed by atoms with van der Waals surface area (Å²) in [6.07, 6.45) is 1.71. The molecule has 0 unspecified atom stereocenters. The fraction of sp³-hybridized carbons (Fsp3) is 0.200. The van der Waals surface area contributed by atoms with Crippen LogP contribution in [0.15, 0.2) is 48.7 Å². The number of methoxy groups -OCH3 is 2. The first kappa shape index (κ1) is 17.5. The molecule has 0 aliphatic rings. The van der Waals surface area contributed by atoms with Crippen molar-refractivity contribution in [1.82, 2.24) is 9.97 Å². The molecule has 0 aliphatic heterocycles. The summed E-state index contributed by atoms with van der Waals surface area (Å²) in [6, 6.07) is 13.6. The van der Waals surface area contributed by atoms with Gasteiger partial charge in [0, 0.05) is 18.0 Å². The van der Waals surface area contributed by atoms with E-state index in [1.54, 1.807) is 26.5 Å². The van der Waals surface area contributed by atoms with Gasteiger partial charge in [-0.3, -0.25) is 0 Å². The molecule has 0 bridgehead atoms. The third kappa shape index (κ3) is 4.03. The summed E-state index contributed by atoms with van der Waals surface area (Å²) in [4.78, 5) is 8.82. The van der Waals surface area contributed by atoms with Gasteiger partial charge < -0.3 is 20.1 Å². The smallest absolute Gasteiger partial charge is 0.229 e. The number of benzene rings is 2. The SMILES string of the molecule is COc1ccc(Nc2ccnc(Nc3ccc(C)cc3C)n2)c(OC)c1. The normalized spacial score (nSPS) is 10.3. The van der Waals surface area contributed by atoms with Crippen molar-refractivity contribution in [3.8, 4) is 11.5 Å². The van der Waals surface area contributed by atoms with Gasteiger partial charge in [0.15, 0.2) is 0 Å². The van der Waals surface area contributed by atoms with Crippen molar-refractivity contribution in [3.05, 3.63) is 59.8 Å². The summed E-state index contributed by atoms with van der Waals surface area (Å²) in [5, 5.41) is 6.51. The molecule has 2 aromatic carbocycles. The van der Waals surface area contributed by atoms with Crippen molar-refractivity contribution >= 4 is 23.1 Å². The van der Waals surface area contributed by atoms with E-state index in [-0.39, 0.29) is 0 Å². The first-order chi connectivity index (χ1) is 12.6. The first-order valence-corrected chi connectivity index (χ1v) is 8.25. The van der Waals surface area contributed by atoms with Crippen molar-refractivity contribution in [3.63, 3.8) is 0 Å². The maximum absolute atomic E-state index is 5.41. The highest BCUT2D eigenvalue weighted by Crippen LogP contribution is 2.31. The Morgan fingerprint density at radius 1 is 0.846 bits per heavy atom. The van der Waals surface area contributed by atoms with Crippen LogP contribution in [0.5, 0.6) is 11.5 Å². The molecule has 26 heavy (non-hydrogen) atoms. The van der Waals surface area contributed by atoms with Gasteiger partial charge in [0.1, 0.15) is 17.3 Å². The minimum atomic E-state index is 0.523. The fourth-order valence-corrected chi connectivity index (χ4v) is 2.60. The summed E-state index contributed by atoms with van der Waals surface area (Å²) in [5.41, 5.74) is 4.14. The number of hydrogen-bond acceptors (Lipinski definition) is 6. The standard InChI is InChI=1S/C20H22N4O2/c1-13-5-7-16(14(2)11-13)23-20-21-10-9-19(24-20)22-17-8-6-15(25-3)12-18(17)26-4/h5-12H,1-4H3,(H2,21,22,23,24). The highest BCUT2D eigenvalue weighted by molar-refractivity contribution is 5.67. The third-order valence-corrected chi connectivity index (χ3v) is 3.96. The molecular weight excluding hydrogens is 328 g/mol. The van der Waals surface area contributed by atoms with Gasteiger partial charge in [-0.05, 0) is 43.7 Å². The summed E-state index contributed by atoms with van der Waals surface area (Å²) in [7, 11) is 3.24. The van der Waals surface area contributed by atoms with E-state index < -0.39 is 0 Å². The summed E-state index contributed by atoms with van der Waals surface area (Å²) < 4.78 is 10.6. The van der Waals surface area contributed by atoms with Crippen LogP contribution in [-0.4, -0.2) is 24.2 Å². The minimum absolute atomic E-state index is 0.523. The number of ether oxygens (including phenoxy) is 2. The zero-order chi connectivity index (χ0) is 18.5. The van der Waals surface area contributed by atoms with Gasteiger partial charge in [0.05, 0.1) is 19.9 Å². The topological polar surface area (TPSA) is 68.3 Å². The van der Waals surface area contributed by atoms with Gasteiger partial charge in [-0.25, -0.2) is 4.98 Å². The van der Waals surface area contributed by atoms with Crippen LogP contribution in [0.2, 0.25) is 0 Å². The molecule has 6 heteroatoms. The van der Waals surface area contributed by atoms with Gasteiger partial charge in [-0.15, -0.1) is 0 Å². The van der Waals surface area contributed by atoms with Crippen molar-refractivity contribution < 1.29 is 9.47 Å². The molecule has 2 N–H and O–H groups in total. The first-order valence-electron chi connectivity index (χ1n) is 8.25. The largest absolute Gasteiger partial charge is 0.497 e. The Balaban J connectivity index is 1.81. The zero-order valence-electron chi connectivity index (χ0n) is 15.3. The van der Waals surface area contributed by atoms with Crippen molar-refractivity contribution in [1.29, 1.82) is 0 Å². The summed E-state index contributed by atoms with van der Waals surface area (Å²) >= 11 is 0. The lowest BCUT2D eigenvalue weighted by Crippen LogP contribution is -2.02. The average Bonchev–Trinajstić information content (AvgIpc) is 2.65. The maximum atomic E-state index is 5.41. The Morgan fingerprint density at radius 3 is 2.38 bits per heavy atom. The lowest BCUT2D eigenvalue weighted by atomic mass is 10.1. The van der Waals surface area contributed by atoms with Gasteiger partial charge in [-0.2, -0.15) is 4.98 Å². The molecule has 3 rings (SSSR count). The predicted octanol–water partition coefficient (Wildman–Crippen LogP) is 4.60. The molecule has 0 aliphatic carbocycles. The Hall–Kier alpha value is -3.28. The van der Waals surface area contributed by atoms with Gasteiger partial charge in [0.25, 0.3) is 0 Å². The molecule has 0 amide bonds.